The second-order valence-electron chi connectivity index (χ2n) is 25.9. The Labute approximate surface area is 683 Å². The Balaban J connectivity index is 0.000000125. The molecule has 0 amide bonds. The molecule has 2 N–H and O–H groups in total. The van der Waals surface area contributed by atoms with Crippen LogP contribution in [-0.4, -0.2) is 85.1 Å². The van der Waals surface area contributed by atoms with E-state index < -0.39 is 9.85 Å². The number of hydrogen-bond donors (Lipinski definition) is 2. The smallest absolute Gasteiger partial charge is 0.433 e. The minimum absolute atomic E-state index is 0.0417. The van der Waals surface area contributed by atoms with Gasteiger partial charge in [0.15, 0.2) is 22.6 Å². The number of aromatic nitrogens is 14. The monoisotopic (exact) mass is 1590 g/mol. The Morgan fingerprint density at radius 1 is 0.400 bits per heavy atom. The molecule has 0 fully saturated rings. The molecule has 0 aliphatic rings. The van der Waals surface area contributed by atoms with Crippen LogP contribution in [0, 0.1) is 69.6 Å². The SMILES string of the molecule is C#Cc1ccc(-n2c(/C=C/c3c[nH]c4ccc(OC)cc34)nc3ncccc3c2=O)cc1.C#Cc1ccc(-n2c(/C=C/c3c[nH]c4ccccc34)nc3ncccc3c2=O)cc1.C#Cc1ccc(-n2c(/C=C/c3ccc([N+](=O)[O-])o3)nc3ncccc3c2=O)cc1.C#Cc1ccc(-n2c(/C=C/c3ccc([N+](=O)[O-])s3)nc3ncccc3c2=O)cc1. The van der Waals surface area contributed by atoms with Gasteiger partial charge in [-0.1, -0.05) is 53.2 Å². The molecule has 0 atom stereocenters. The summed E-state index contributed by atoms with van der Waals surface area (Å²) in [5, 5.41) is 25.5. The molecule has 12 aromatic heterocycles. The van der Waals surface area contributed by atoms with Crippen molar-refractivity contribution in [2.45, 2.75) is 0 Å². The van der Waals surface area contributed by atoms with Gasteiger partial charge in [0.1, 0.15) is 39.7 Å². The van der Waals surface area contributed by atoms with Gasteiger partial charge in [0.25, 0.3) is 22.2 Å². The van der Waals surface area contributed by atoms with Crippen molar-refractivity contribution < 1.29 is 19.0 Å². The Morgan fingerprint density at radius 2 is 0.767 bits per heavy atom. The maximum absolute atomic E-state index is 13.3. The first-order valence-corrected chi connectivity index (χ1v) is 37.1. The predicted octanol–water partition coefficient (Wildman–Crippen LogP) is 16.2. The van der Waals surface area contributed by atoms with Crippen LogP contribution in [0.4, 0.5) is 10.9 Å². The van der Waals surface area contributed by atoms with Gasteiger partial charge in [-0.25, -0.2) is 39.9 Å². The summed E-state index contributed by atoms with van der Waals surface area (Å²) >= 11 is 1.04. The van der Waals surface area contributed by atoms with Gasteiger partial charge in [-0.2, -0.15) is 0 Å². The first-order chi connectivity index (χ1) is 58.5. The van der Waals surface area contributed by atoms with Gasteiger partial charge in [-0.05, 0) is 236 Å². The average Bonchev–Trinajstić information content (AvgIpc) is 1.09. The van der Waals surface area contributed by atoms with Gasteiger partial charge >= 0.3 is 10.9 Å². The van der Waals surface area contributed by atoms with Crippen LogP contribution in [0.25, 0.3) is 137 Å². The third-order valence-corrected chi connectivity index (χ3v) is 19.6. The largest absolute Gasteiger partial charge is 0.497 e. The van der Waals surface area contributed by atoms with Crippen molar-refractivity contribution in [3.05, 3.63) is 378 Å². The molecule has 0 unspecified atom stereocenters. The number of nitro groups is 2. The summed E-state index contributed by atoms with van der Waals surface area (Å²) in [6.45, 7) is 0. The van der Waals surface area contributed by atoms with Gasteiger partial charge in [0.2, 0.25) is 0 Å². The molecule has 18 aromatic rings. The lowest BCUT2D eigenvalue weighted by atomic mass is 10.1. The van der Waals surface area contributed by atoms with E-state index in [1.54, 1.807) is 168 Å². The molecule has 0 saturated carbocycles. The highest BCUT2D eigenvalue weighted by atomic mass is 32.1. The fourth-order valence-corrected chi connectivity index (χ4v) is 13.5. The van der Waals surface area contributed by atoms with Crippen molar-refractivity contribution in [2.75, 3.05) is 7.11 Å². The number of pyridine rings is 4. The van der Waals surface area contributed by atoms with E-state index >= 15 is 0 Å². The molecule has 0 aliphatic carbocycles. The predicted molar refractivity (Wildman–Crippen MR) is 467 cm³/mol. The molecule has 6 aromatic carbocycles. The molecule has 27 heteroatoms. The van der Waals surface area contributed by atoms with Crippen molar-refractivity contribution in [3.63, 3.8) is 0 Å². The zero-order chi connectivity index (χ0) is 83.3. The Morgan fingerprint density at radius 3 is 1.13 bits per heavy atom. The molecular weight excluding hydrogens is 1530 g/mol. The molecule has 0 spiro atoms. The van der Waals surface area contributed by atoms with E-state index in [-0.39, 0.29) is 44.7 Å². The van der Waals surface area contributed by atoms with Crippen molar-refractivity contribution in [1.29, 1.82) is 0 Å². The number of methoxy groups -OCH3 is 1. The van der Waals surface area contributed by atoms with Gasteiger partial charge in [0.05, 0.1) is 62.4 Å². The summed E-state index contributed by atoms with van der Waals surface area (Å²) < 4.78 is 16.5. The molecule has 576 valence electrons. The van der Waals surface area contributed by atoms with Crippen molar-refractivity contribution >= 4 is 137 Å². The first-order valence-electron chi connectivity index (χ1n) is 36.3. The topological polar surface area (TPSA) is 331 Å². The highest BCUT2D eigenvalue weighted by Gasteiger charge is 2.19. The number of hydrogen-bond acceptors (Lipinski definition) is 19. The average molecular weight is 1590 g/mol. The van der Waals surface area contributed by atoms with E-state index in [1.807, 2.05) is 116 Å². The Bertz CT molecular complexity index is 7420. The number of fused-ring (bicyclic) bond motifs is 6. The van der Waals surface area contributed by atoms with Crippen LogP contribution in [0.1, 0.15) is 67.3 Å². The summed E-state index contributed by atoms with van der Waals surface area (Å²) in [4.78, 5) is 116. The molecular formula is C93H58N16O10S. The fraction of sp³-hybridized carbons (Fsp3) is 0.0108. The molecule has 18 rings (SSSR count). The van der Waals surface area contributed by atoms with E-state index in [4.69, 9.17) is 34.8 Å². The Kier molecular flexibility index (Phi) is 22.5. The van der Waals surface area contributed by atoms with Crippen LogP contribution in [-0.2, 0) is 0 Å². The number of para-hydroxylation sites is 1. The minimum Gasteiger partial charge on any atom is -0.497 e. The van der Waals surface area contributed by atoms with Crippen LogP contribution >= 0.6 is 11.3 Å². The standard InChI is InChI=1S/C26H18N4O2.C25H16N4O.C21H12N4O4.C21H12N4O3S/c1-3-17-6-9-19(10-7-17)30-24(29-25-21(26(30)31)5-4-14-27-25)13-8-18-16-28-23-12-11-20(32-2)15-22(18)23;1-2-17-9-12-19(13-10-17)29-23(28-24-21(25(29)30)7-5-15-26-24)14-11-18-16-27-22-8-4-3-6-20(18)22;2*1-2-14-5-7-15(8-6-14)24-18(11-9-16-10-12-19(29-16)25(27)28)23-20-17(21(24)26)4-3-13-22-20/h1,4-16,28H,2H3;1,3-16,27H;2*1,3-13H/b13-8+;14-11+;2*11-9+. The van der Waals surface area contributed by atoms with Crippen LogP contribution in [0.5, 0.6) is 5.75 Å². The molecule has 26 nitrogen and oxygen atoms in total. The van der Waals surface area contributed by atoms with E-state index in [9.17, 15) is 39.4 Å². The van der Waals surface area contributed by atoms with Crippen molar-refractivity contribution in [1.82, 2.24) is 68.1 Å². The van der Waals surface area contributed by atoms with Gasteiger partial charge in [-0.15, -0.1) is 25.7 Å². The zero-order valence-corrected chi connectivity index (χ0v) is 63.7. The van der Waals surface area contributed by atoms with Crippen LogP contribution in [0.2, 0.25) is 0 Å². The number of rotatable bonds is 15. The molecule has 0 aliphatic heterocycles. The maximum atomic E-state index is 13.3. The molecule has 120 heavy (non-hydrogen) atoms. The van der Waals surface area contributed by atoms with Gasteiger partial charge < -0.3 is 19.1 Å². The zero-order valence-electron chi connectivity index (χ0n) is 62.9. The lowest BCUT2D eigenvalue weighted by molar-refractivity contribution is -0.402. The number of ether oxygens (including phenoxy) is 1. The van der Waals surface area contributed by atoms with Gasteiger partial charge in [0, 0.05) is 97.7 Å². The summed E-state index contributed by atoms with van der Waals surface area (Å²) in [7, 11) is 1.64. The third-order valence-electron chi connectivity index (χ3n) is 18.6. The number of nitrogens with zero attached hydrogens (tertiary/aromatic N) is 14. The first kappa shape index (κ1) is 77.7. The van der Waals surface area contributed by atoms with E-state index in [0.717, 1.165) is 61.1 Å². The second-order valence-corrected chi connectivity index (χ2v) is 26.9. The maximum Gasteiger partial charge on any atom is 0.433 e. The summed E-state index contributed by atoms with van der Waals surface area (Å²) in [5.41, 5.74) is 9.86. The molecule has 0 radical (unpaired) electrons. The Hall–Kier alpha value is -17.7. The normalized spacial score (nSPS) is 11.1. The number of H-pyrrole nitrogens is 2. The van der Waals surface area contributed by atoms with Gasteiger partial charge in [-0.3, -0.25) is 57.7 Å². The minimum atomic E-state index is -0.626. The summed E-state index contributed by atoms with van der Waals surface area (Å²) in [6, 6.07) is 61.6. The lowest BCUT2D eigenvalue weighted by Gasteiger charge is -2.11. The molecule has 0 bridgehead atoms. The highest BCUT2D eigenvalue weighted by Crippen LogP contribution is 2.29. The van der Waals surface area contributed by atoms with E-state index in [0.29, 0.717) is 100 Å². The second kappa shape index (κ2) is 34.8. The lowest BCUT2D eigenvalue weighted by Crippen LogP contribution is -2.22. The number of terminal acetylenes is 4. The fourth-order valence-electron chi connectivity index (χ4n) is 12.7. The summed E-state index contributed by atoms with van der Waals surface area (Å²) in [6.07, 6.45) is 45.8. The highest BCUT2D eigenvalue weighted by molar-refractivity contribution is 7.16. The van der Waals surface area contributed by atoms with Crippen molar-refractivity contribution in [3.8, 4) is 77.9 Å². The number of benzene rings is 6. The van der Waals surface area contributed by atoms with Crippen LogP contribution in [0.15, 0.2) is 273 Å². The van der Waals surface area contributed by atoms with E-state index in [1.165, 1.54) is 39.5 Å². The molecule has 0 saturated heterocycles. The van der Waals surface area contributed by atoms with Crippen LogP contribution < -0.4 is 27.0 Å². The van der Waals surface area contributed by atoms with E-state index in [2.05, 4.69) is 73.5 Å². The van der Waals surface area contributed by atoms with Crippen LogP contribution in [0.3, 0.4) is 0 Å². The molecule has 12 heterocycles. The number of thiophene rings is 1. The number of furan rings is 1. The number of aromatic amines is 2. The third kappa shape index (κ3) is 16.6. The van der Waals surface area contributed by atoms with Crippen molar-refractivity contribution in [2.24, 2.45) is 0 Å². The quantitative estimate of drug-likeness (QED) is 0.0547. The number of nitrogens with one attached hydrogen (secondary N) is 2. The summed E-state index contributed by atoms with van der Waals surface area (Å²) in [5.74, 6) is 12.5.